The normalized spacial score (nSPS) is 18.1. The largest absolute Gasteiger partial charge is 0.335 e. The lowest BCUT2D eigenvalue weighted by Gasteiger charge is -2.28. The molecular weight excluding hydrogens is 315 g/mol. The molecule has 0 spiro atoms. The number of imide groups is 2. The molecule has 1 aliphatic heterocycles. The summed E-state index contributed by atoms with van der Waals surface area (Å²) in [6.45, 7) is 0. The number of nitrogens with one attached hydrogen (secondary N) is 1. The molecule has 7 nitrogen and oxygen atoms in total. The number of carbonyl (C=O) groups is 3. The van der Waals surface area contributed by atoms with Crippen molar-refractivity contribution in [2.45, 2.75) is 0 Å². The minimum absolute atomic E-state index is 0.229. The van der Waals surface area contributed by atoms with Crippen LogP contribution in [-0.4, -0.2) is 29.0 Å². The molecule has 3 rings (SSSR count). The van der Waals surface area contributed by atoms with Crippen molar-refractivity contribution in [3.8, 4) is 0 Å². The van der Waals surface area contributed by atoms with Gasteiger partial charge < -0.3 is 0 Å². The van der Waals surface area contributed by atoms with E-state index in [9.17, 15) is 18.8 Å². The standard InChI is InChI=1S/C16H11FN4O3/c17-12-5-1-2-6-13(12)21-15(23)11(14(22)20-16(21)24)9-19-10-4-3-7-18-8-10/h1-9,11H,(H,20,22,24)/t11-/m1/s1. The molecular formula is C16H11FN4O3. The number of anilines is 1. The van der Waals surface area contributed by atoms with Gasteiger partial charge in [-0.25, -0.2) is 14.1 Å². The summed E-state index contributed by atoms with van der Waals surface area (Å²) in [5.41, 5.74) is 0.208. The minimum atomic E-state index is -1.34. The lowest BCUT2D eigenvalue weighted by Crippen LogP contribution is -2.58. The number of rotatable bonds is 3. The lowest BCUT2D eigenvalue weighted by atomic mass is 10.1. The molecule has 1 fully saturated rings. The third-order valence-electron chi connectivity index (χ3n) is 3.31. The van der Waals surface area contributed by atoms with E-state index in [1.54, 1.807) is 18.3 Å². The molecule has 0 unspecified atom stereocenters. The number of hydrogen-bond donors (Lipinski definition) is 1. The molecule has 1 saturated heterocycles. The molecule has 4 amide bonds. The van der Waals surface area contributed by atoms with E-state index in [4.69, 9.17) is 0 Å². The first kappa shape index (κ1) is 15.5. The van der Waals surface area contributed by atoms with Crippen molar-refractivity contribution in [1.82, 2.24) is 10.3 Å². The minimum Gasteiger partial charge on any atom is -0.276 e. The number of aromatic nitrogens is 1. The van der Waals surface area contributed by atoms with Crippen LogP contribution in [0.5, 0.6) is 0 Å². The third kappa shape index (κ3) is 2.89. The van der Waals surface area contributed by atoms with Crippen LogP contribution in [-0.2, 0) is 9.59 Å². The first-order valence-electron chi connectivity index (χ1n) is 6.95. The highest BCUT2D eigenvalue weighted by Crippen LogP contribution is 2.23. The maximum absolute atomic E-state index is 13.9. The summed E-state index contributed by atoms with van der Waals surface area (Å²) in [5.74, 6) is -3.78. The van der Waals surface area contributed by atoms with E-state index in [2.05, 4.69) is 9.98 Å². The van der Waals surface area contributed by atoms with Crippen LogP contribution < -0.4 is 10.2 Å². The summed E-state index contributed by atoms with van der Waals surface area (Å²) in [6.07, 6.45) is 4.10. The fourth-order valence-corrected chi connectivity index (χ4v) is 2.17. The molecule has 2 aromatic rings. The molecule has 1 aromatic carbocycles. The van der Waals surface area contributed by atoms with Crippen LogP contribution in [0.2, 0.25) is 0 Å². The van der Waals surface area contributed by atoms with E-state index in [0.717, 1.165) is 12.3 Å². The second-order valence-corrected chi connectivity index (χ2v) is 4.89. The molecule has 1 aromatic heterocycles. The molecule has 120 valence electrons. The van der Waals surface area contributed by atoms with E-state index in [-0.39, 0.29) is 5.69 Å². The SMILES string of the molecule is O=C1NC(=O)N(c2ccccc2F)C(=O)[C@@H]1C=Nc1cccnc1. The number of aliphatic imine (C=N–C) groups is 1. The summed E-state index contributed by atoms with van der Waals surface area (Å²) < 4.78 is 13.9. The Labute approximate surface area is 135 Å². The smallest absolute Gasteiger partial charge is 0.276 e. The van der Waals surface area contributed by atoms with Crippen molar-refractivity contribution in [2.24, 2.45) is 10.9 Å². The fourth-order valence-electron chi connectivity index (χ4n) is 2.17. The van der Waals surface area contributed by atoms with Gasteiger partial charge >= 0.3 is 6.03 Å². The fraction of sp³-hybridized carbons (Fsp3) is 0.0625. The van der Waals surface area contributed by atoms with Crippen molar-refractivity contribution >= 4 is 35.4 Å². The number of pyridine rings is 1. The van der Waals surface area contributed by atoms with E-state index >= 15 is 0 Å². The Morgan fingerprint density at radius 2 is 1.96 bits per heavy atom. The summed E-state index contributed by atoms with van der Waals surface area (Å²) in [5, 5.41) is 2.03. The molecule has 0 bridgehead atoms. The lowest BCUT2D eigenvalue weighted by molar-refractivity contribution is -0.131. The Bertz CT molecular complexity index is 838. The summed E-state index contributed by atoms with van der Waals surface area (Å²) in [6, 6.07) is 7.58. The first-order valence-corrected chi connectivity index (χ1v) is 6.95. The van der Waals surface area contributed by atoms with Crippen LogP contribution in [0.4, 0.5) is 20.6 Å². The van der Waals surface area contributed by atoms with Crippen molar-refractivity contribution in [3.05, 3.63) is 54.6 Å². The van der Waals surface area contributed by atoms with Gasteiger partial charge in [0.2, 0.25) is 5.91 Å². The van der Waals surface area contributed by atoms with E-state index in [1.165, 1.54) is 24.4 Å². The van der Waals surface area contributed by atoms with Gasteiger partial charge in [-0.3, -0.25) is 24.9 Å². The summed E-state index contributed by atoms with van der Waals surface area (Å²) in [7, 11) is 0. The van der Waals surface area contributed by atoms with Crippen LogP contribution in [0.3, 0.4) is 0 Å². The van der Waals surface area contributed by atoms with Crippen LogP contribution in [0, 0.1) is 11.7 Å². The molecule has 8 heteroatoms. The van der Waals surface area contributed by atoms with Gasteiger partial charge in [-0.05, 0) is 24.3 Å². The Kier molecular flexibility index (Phi) is 4.11. The third-order valence-corrected chi connectivity index (χ3v) is 3.31. The Hall–Kier alpha value is -3.42. The molecule has 1 aliphatic rings. The average molecular weight is 326 g/mol. The zero-order chi connectivity index (χ0) is 17.1. The van der Waals surface area contributed by atoms with Crippen molar-refractivity contribution in [2.75, 3.05) is 4.90 Å². The predicted molar refractivity (Wildman–Crippen MR) is 83.3 cm³/mol. The van der Waals surface area contributed by atoms with Crippen LogP contribution >= 0.6 is 0 Å². The van der Waals surface area contributed by atoms with Gasteiger partial charge in [-0.1, -0.05) is 12.1 Å². The maximum Gasteiger partial charge on any atom is 0.335 e. The number of para-hydroxylation sites is 1. The highest BCUT2D eigenvalue weighted by molar-refractivity contribution is 6.32. The molecule has 1 atom stereocenters. The number of amides is 4. The number of urea groups is 1. The van der Waals surface area contributed by atoms with Gasteiger partial charge in [0.05, 0.1) is 17.6 Å². The Balaban J connectivity index is 1.92. The van der Waals surface area contributed by atoms with Gasteiger partial charge in [-0.15, -0.1) is 0 Å². The topological polar surface area (TPSA) is 91.7 Å². The average Bonchev–Trinajstić information content (AvgIpc) is 2.57. The number of hydrogen-bond acceptors (Lipinski definition) is 5. The van der Waals surface area contributed by atoms with Crippen molar-refractivity contribution in [3.63, 3.8) is 0 Å². The summed E-state index contributed by atoms with van der Waals surface area (Å²) >= 11 is 0. The second-order valence-electron chi connectivity index (χ2n) is 4.89. The van der Waals surface area contributed by atoms with E-state index in [0.29, 0.717) is 10.6 Å². The first-order chi connectivity index (χ1) is 11.6. The molecule has 0 radical (unpaired) electrons. The number of carbonyl (C=O) groups excluding carboxylic acids is 3. The number of benzene rings is 1. The predicted octanol–water partition coefficient (Wildman–Crippen LogP) is 1.82. The highest BCUT2D eigenvalue weighted by atomic mass is 19.1. The molecule has 1 N–H and O–H groups in total. The number of barbiturate groups is 1. The van der Waals surface area contributed by atoms with Crippen LogP contribution in [0.25, 0.3) is 0 Å². The number of nitrogens with zero attached hydrogens (tertiary/aromatic N) is 3. The second kappa shape index (κ2) is 6.37. The van der Waals surface area contributed by atoms with Gasteiger partial charge in [0, 0.05) is 12.4 Å². The molecule has 2 heterocycles. The van der Waals surface area contributed by atoms with Gasteiger partial charge in [0.15, 0.2) is 5.92 Å². The Morgan fingerprint density at radius 3 is 2.67 bits per heavy atom. The molecule has 0 saturated carbocycles. The number of halogens is 1. The van der Waals surface area contributed by atoms with Gasteiger partial charge in [0.25, 0.3) is 5.91 Å². The van der Waals surface area contributed by atoms with E-state index in [1.807, 2.05) is 5.32 Å². The highest BCUT2D eigenvalue weighted by Gasteiger charge is 2.41. The maximum atomic E-state index is 13.9. The van der Waals surface area contributed by atoms with E-state index < -0.39 is 29.6 Å². The van der Waals surface area contributed by atoms with Crippen LogP contribution in [0.1, 0.15) is 0 Å². The summed E-state index contributed by atoms with van der Waals surface area (Å²) in [4.78, 5) is 44.8. The Morgan fingerprint density at radius 1 is 1.17 bits per heavy atom. The van der Waals surface area contributed by atoms with Gasteiger partial charge in [0.1, 0.15) is 5.82 Å². The van der Waals surface area contributed by atoms with Crippen LogP contribution in [0.15, 0.2) is 53.8 Å². The molecule has 24 heavy (non-hydrogen) atoms. The van der Waals surface area contributed by atoms with Gasteiger partial charge in [-0.2, -0.15) is 0 Å². The zero-order valence-corrected chi connectivity index (χ0v) is 12.2. The van der Waals surface area contributed by atoms with Crippen molar-refractivity contribution < 1.29 is 18.8 Å². The quantitative estimate of drug-likeness (QED) is 0.688. The monoisotopic (exact) mass is 326 g/mol. The van der Waals surface area contributed by atoms with Crippen molar-refractivity contribution in [1.29, 1.82) is 0 Å². The molecule has 0 aliphatic carbocycles. The zero-order valence-electron chi connectivity index (χ0n) is 12.2.